The first-order chi connectivity index (χ1) is 17.4. The van der Waals surface area contributed by atoms with Crippen molar-refractivity contribution in [3.63, 3.8) is 0 Å². The molecular formula is C27H33N5O4. The van der Waals surface area contributed by atoms with E-state index in [9.17, 15) is 15.0 Å². The minimum absolute atomic E-state index is 0.00922. The molecule has 1 amide bonds. The maximum atomic E-state index is 12.8. The number of carbonyl (C=O) groups excluding carboxylic acids is 1. The van der Waals surface area contributed by atoms with Crippen molar-refractivity contribution in [3.8, 4) is 11.5 Å². The molecular weight excluding hydrogens is 458 g/mol. The van der Waals surface area contributed by atoms with Crippen molar-refractivity contribution in [1.29, 1.82) is 0 Å². The molecule has 0 saturated heterocycles. The van der Waals surface area contributed by atoms with E-state index < -0.39 is 5.60 Å². The van der Waals surface area contributed by atoms with Gasteiger partial charge in [-0.15, -0.1) is 0 Å². The molecule has 6 aliphatic carbocycles. The largest absolute Gasteiger partial charge is 0.393 e. The molecule has 2 atom stereocenters. The Morgan fingerprint density at radius 2 is 1.89 bits per heavy atom. The normalized spacial score (nSPS) is 36.2. The van der Waals surface area contributed by atoms with Gasteiger partial charge in [-0.1, -0.05) is 17.3 Å². The number of amides is 1. The number of fused-ring (bicyclic) bond motifs is 1. The average Bonchev–Trinajstić information content (AvgIpc) is 3.52. The molecule has 190 valence electrons. The molecule has 9 heteroatoms. The Kier molecular flexibility index (Phi) is 5.22. The molecule has 2 aromatic heterocycles. The zero-order chi connectivity index (χ0) is 24.4. The molecule has 0 aromatic carbocycles. The highest BCUT2D eigenvalue weighted by atomic mass is 16.5. The fourth-order valence-corrected chi connectivity index (χ4v) is 7.79. The number of allylic oxidation sites excluding steroid dienone is 1. The summed E-state index contributed by atoms with van der Waals surface area (Å²) in [7, 11) is 0. The number of carbonyl (C=O) groups is 1. The van der Waals surface area contributed by atoms with Gasteiger partial charge in [-0.25, -0.2) is 0 Å². The minimum Gasteiger partial charge on any atom is -0.393 e. The van der Waals surface area contributed by atoms with E-state index in [1.165, 1.54) is 0 Å². The van der Waals surface area contributed by atoms with E-state index >= 15 is 0 Å². The zero-order valence-electron chi connectivity index (χ0n) is 20.3. The molecule has 4 N–H and O–H groups in total. The first-order valence-electron chi connectivity index (χ1n) is 13.4. The van der Waals surface area contributed by atoms with Crippen molar-refractivity contribution in [2.45, 2.75) is 88.0 Å². The third-order valence-electron chi connectivity index (χ3n) is 9.24. The number of hydrogen-bond donors (Lipinski definition) is 4. The summed E-state index contributed by atoms with van der Waals surface area (Å²) < 4.78 is 5.60. The molecule has 2 unspecified atom stereocenters. The lowest BCUT2D eigenvalue weighted by atomic mass is 9.52. The van der Waals surface area contributed by atoms with Crippen LogP contribution in [0.15, 0.2) is 16.8 Å². The second-order valence-corrected chi connectivity index (χ2v) is 11.8. The summed E-state index contributed by atoms with van der Waals surface area (Å²) in [5, 5.41) is 31.6. The number of pyridine rings is 1. The summed E-state index contributed by atoms with van der Waals surface area (Å²) in [6.45, 7) is 0. The fourth-order valence-electron chi connectivity index (χ4n) is 7.79. The van der Waals surface area contributed by atoms with E-state index in [4.69, 9.17) is 4.52 Å². The number of aliphatic hydroxyl groups excluding tert-OH is 1. The van der Waals surface area contributed by atoms with Crippen molar-refractivity contribution in [1.82, 2.24) is 20.4 Å². The molecule has 5 fully saturated rings. The molecule has 2 aromatic rings. The summed E-state index contributed by atoms with van der Waals surface area (Å²) in [5.41, 5.74) is 3.23. The lowest BCUT2D eigenvalue weighted by Gasteiger charge is -2.58. The van der Waals surface area contributed by atoms with Crippen LogP contribution in [-0.4, -0.2) is 55.0 Å². The van der Waals surface area contributed by atoms with Crippen molar-refractivity contribution in [3.05, 3.63) is 29.4 Å². The van der Waals surface area contributed by atoms with Crippen LogP contribution in [0.25, 0.3) is 17.5 Å². The van der Waals surface area contributed by atoms with Crippen molar-refractivity contribution >= 4 is 17.7 Å². The minimum atomic E-state index is -0.483. The molecule has 0 spiro atoms. The Balaban J connectivity index is 1.16. The topological polar surface area (TPSA) is 133 Å². The number of aliphatic hydroxyl groups is 2. The Bertz CT molecular complexity index is 1200. The molecule has 8 rings (SSSR count). The maximum Gasteiger partial charge on any atom is 0.292 e. The van der Waals surface area contributed by atoms with Gasteiger partial charge in [-0.3, -0.25) is 9.78 Å². The van der Waals surface area contributed by atoms with Gasteiger partial charge in [0, 0.05) is 30.3 Å². The molecule has 0 aliphatic heterocycles. The van der Waals surface area contributed by atoms with Crippen LogP contribution in [0, 0.1) is 17.8 Å². The maximum absolute atomic E-state index is 12.8. The second kappa shape index (κ2) is 8.38. The van der Waals surface area contributed by atoms with Crippen LogP contribution >= 0.6 is 0 Å². The summed E-state index contributed by atoms with van der Waals surface area (Å²) in [6, 6.07) is 0.298. The molecule has 36 heavy (non-hydrogen) atoms. The van der Waals surface area contributed by atoms with Crippen LogP contribution in [0.4, 0.5) is 5.69 Å². The monoisotopic (exact) mass is 491 g/mol. The van der Waals surface area contributed by atoms with Crippen LogP contribution in [0.2, 0.25) is 0 Å². The lowest BCUT2D eigenvalue weighted by Crippen LogP contribution is -2.59. The van der Waals surface area contributed by atoms with E-state index in [0.29, 0.717) is 36.2 Å². The molecule has 5 saturated carbocycles. The van der Waals surface area contributed by atoms with E-state index in [0.717, 1.165) is 68.3 Å². The average molecular weight is 492 g/mol. The Hall–Kier alpha value is -2.78. The van der Waals surface area contributed by atoms with Crippen molar-refractivity contribution < 1.29 is 19.5 Å². The number of anilines is 1. The van der Waals surface area contributed by atoms with Gasteiger partial charge in [0.15, 0.2) is 0 Å². The molecule has 6 aliphatic rings. The van der Waals surface area contributed by atoms with E-state index in [2.05, 4.69) is 37.9 Å². The van der Waals surface area contributed by atoms with Gasteiger partial charge >= 0.3 is 0 Å². The predicted molar refractivity (Wildman–Crippen MR) is 132 cm³/mol. The van der Waals surface area contributed by atoms with Gasteiger partial charge in [0.1, 0.15) is 0 Å². The van der Waals surface area contributed by atoms with Gasteiger partial charge in [-0.2, -0.15) is 4.98 Å². The van der Waals surface area contributed by atoms with Gasteiger partial charge < -0.3 is 25.4 Å². The summed E-state index contributed by atoms with van der Waals surface area (Å²) in [4.78, 5) is 21.9. The summed E-state index contributed by atoms with van der Waals surface area (Å²) >= 11 is 0. The Labute approximate surface area is 209 Å². The van der Waals surface area contributed by atoms with E-state index in [1.54, 1.807) is 6.20 Å². The molecule has 0 radical (unpaired) electrons. The molecule has 9 nitrogen and oxygen atoms in total. The van der Waals surface area contributed by atoms with Crippen LogP contribution in [-0.2, 0) is 6.42 Å². The van der Waals surface area contributed by atoms with Crippen molar-refractivity contribution in [2.75, 3.05) is 5.32 Å². The van der Waals surface area contributed by atoms with Crippen LogP contribution < -0.4 is 10.6 Å². The zero-order valence-corrected chi connectivity index (χ0v) is 20.3. The van der Waals surface area contributed by atoms with E-state index in [1.807, 2.05) is 0 Å². The van der Waals surface area contributed by atoms with E-state index in [-0.39, 0.29) is 35.8 Å². The number of nitrogens with zero attached hydrogens (tertiary/aromatic N) is 3. The van der Waals surface area contributed by atoms with Crippen LogP contribution in [0.1, 0.15) is 79.7 Å². The van der Waals surface area contributed by atoms with Crippen LogP contribution in [0.5, 0.6) is 0 Å². The Morgan fingerprint density at radius 3 is 2.64 bits per heavy atom. The smallest absolute Gasteiger partial charge is 0.292 e. The van der Waals surface area contributed by atoms with Crippen LogP contribution in [0.3, 0.4) is 0 Å². The highest BCUT2D eigenvalue weighted by Crippen LogP contribution is 2.56. The van der Waals surface area contributed by atoms with Gasteiger partial charge in [-0.05, 0) is 75.5 Å². The van der Waals surface area contributed by atoms with Gasteiger partial charge in [0.25, 0.3) is 17.6 Å². The number of rotatable bonds is 5. The predicted octanol–water partition coefficient (Wildman–Crippen LogP) is 3.09. The summed E-state index contributed by atoms with van der Waals surface area (Å²) in [6.07, 6.45) is 14.4. The summed E-state index contributed by atoms with van der Waals surface area (Å²) in [5.74, 6) is 1.46. The van der Waals surface area contributed by atoms with Crippen molar-refractivity contribution in [2.24, 2.45) is 17.8 Å². The fraction of sp³-hybridized carbons (Fsp3) is 0.630. The lowest BCUT2D eigenvalue weighted by molar-refractivity contribution is -0.129. The SMILES string of the molecule is O=C(NC1CCC(O)CC1)c1noc(-c2cnc3c(c2NC2C4CC5CC2CC(O)(C5)C4)C=CC3)n1. The van der Waals surface area contributed by atoms with Gasteiger partial charge in [0.2, 0.25) is 0 Å². The standard InChI is InChI=1S/C27H33N5O4/c33-18-6-4-17(5-7-18)29-25(34)24-31-26(36-32-24)20-13-28-21-3-1-2-19(21)23(20)30-22-15-8-14-9-16(22)12-27(35,10-14)11-15/h1-2,13-18,22,33,35H,3-12H2,(H,28,30)(H,29,34). The Morgan fingerprint density at radius 1 is 1.11 bits per heavy atom. The first-order valence-corrected chi connectivity index (χ1v) is 13.4. The number of hydrogen-bond acceptors (Lipinski definition) is 8. The third kappa shape index (κ3) is 3.84. The highest BCUT2D eigenvalue weighted by Gasteiger charge is 2.55. The molecule has 2 heterocycles. The first kappa shape index (κ1) is 22.4. The number of nitrogens with one attached hydrogen (secondary N) is 2. The molecule has 4 bridgehead atoms. The second-order valence-electron chi connectivity index (χ2n) is 11.8. The highest BCUT2D eigenvalue weighted by molar-refractivity contribution is 5.91. The number of aromatic nitrogens is 3. The quantitative estimate of drug-likeness (QED) is 0.501. The third-order valence-corrected chi connectivity index (χ3v) is 9.24. The van der Waals surface area contributed by atoms with Gasteiger partial charge in [0.05, 0.1) is 28.6 Å².